The molecular formula is C30H30N4O3. The van der Waals surface area contributed by atoms with Crippen molar-refractivity contribution < 1.29 is 14.3 Å². The number of H-pyrrole nitrogens is 1. The van der Waals surface area contributed by atoms with Gasteiger partial charge in [-0.3, -0.25) is 9.89 Å². The maximum absolute atomic E-state index is 14.1. The number of hydrogen-bond acceptors (Lipinski definition) is 4. The molecule has 1 saturated carbocycles. The van der Waals surface area contributed by atoms with E-state index in [0.29, 0.717) is 12.1 Å². The molecule has 0 radical (unpaired) electrons. The van der Waals surface area contributed by atoms with E-state index in [1.165, 1.54) is 0 Å². The maximum Gasteiger partial charge on any atom is 0.256 e. The molecule has 1 amide bonds. The number of hydrogen-bond donors (Lipinski definition) is 1. The lowest BCUT2D eigenvalue weighted by molar-refractivity contribution is 0.0731. The van der Waals surface area contributed by atoms with Crippen LogP contribution in [0.5, 0.6) is 5.75 Å². The Labute approximate surface area is 216 Å². The van der Waals surface area contributed by atoms with Gasteiger partial charge in [0.25, 0.3) is 5.91 Å². The molecule has 1 N–H and O–H groups in total. The van der Waals surface area contributed by atoms with Gasteiger partial charge in [0.2, 0.25) is 0 Å². The first-order valence-corrected chi connectivity index (χ1v) is 12.6. The molecule has 0 bridgehead atoms. The summed E-state index contributed by atoms with van der Waals surface area (Å²) in [5, 5.41) is 7.94. The van der Waals surface area contributed by atoms with Gasteiger partial charge < -0.3 is 18.9 Å². The number of methoxy groups -OCH3 is 2. The molecule has 6 rings (SSSR count). The largest absolute Gasteiger partial charge is 0.497 e. The van der Waals surface area contributed by atoms with Crippen LogP contribution in [-0.2, 0) is 11.3 Å². The molecule has 7 nitrogen and oxygen atoms in total. The van der Waals surface area contributed by atoms with Crippen molar-refractivity contribution in [3.8, 4) is 16.9 Å². The van der Waals surface area contributed by atoms with Gasteiger partial charge in [-0.05, 0) is 48.2 Å². The second-order valence-electron chi connectivity index (χ2n) is 9.67. The zero-order chi connectivity index (χ0) is 25.4. The molecular weight excluding hydrogens is 464 g/mol. The van der Waals surface area contributed by atoms with Gasteiger partial charge in [-0.1, -0.05) is 36.4 Å². The number of nitrogens with zero attached hydrogens (tertiary/aromatic N) is 3. The van der Waals surface area contributed by atoms with E-state index < -0.39 is 0 Å². The molecule has 2 aromatic carbocycles. The Bertz CT molecular complexity index is 1490. The summed E-state index contributed by atoms with van der Waals surface area (Å²) in [5.41, 5.74) is 5.92. The molecule has 1 unspecified atom stereocenters. The van der Waals surface area contributed by atoms with E-state index in [-0.39, 0.29) is 18.1 Å². The van der Waals surface area contributed by atoms with Crippen LogP contribution in [0.4, 0.5) is 0 Å². The first-order chi connectivity index (χ1) is 18.1. The molecule has 2 aliphatic carbocycles. The summed E-state index contributed by atoms with van der Waals surface area (Å²) >= 11 is 0. The standard InChI is InChI=1S/C30H30N4O3/c1-36-25-7-3-5-20(13-25)18-34(23-10-11-23)30(35)28-19-33(24-6-4-8-26(15-24)37-2)29-14-21(9-12-27(28)29)22-16-31-32-17-22/h3-9,12-14,16-17,19,23,26H,10-11,15,18H2,1-2H3,(H,31,32). The number of rotatable bonds is 8. The lowest BCUT2D eigenvalue weighted by Gasteiger charge is -2.23. The van der Waals surface area contributed by atoms with Gasteiger partial charge in [-0.2, -0.15) is 5.10 Å². The second kappa shape index (κ2) is 9.75. The zero-order valence-corrected chi connectivity index (χ0v) is 21.1. The Morgan fingerprint density at radius 1 is 1.16 bits per heavy atom. The third-order valence-electron chi connectivity index (χ3n) is 7.24. The molecule has 2 aromatic heterocycles. The molecule has 2 aliphatic rings. The Morgan fingerprint density at radius 3 is 2.81 bits per heavy atom. The predicted molar refractivity (Wildman–Crippen MR) is 144 cm³/mol. The van der Waals surface area contributed by atoms with E-state index in [9.17, 15) is 4.79 Å². The van der Waals surface area contributed by atoms with Crippen LogP contribution in [0.15, 0.2) is 79.3 Å². The summed E-state index contributed by atoms with van der Waals surface area (Å²) in [7, 11) is 3.39. The number of aromatic nitrogens is 3. The maximum atomic E-state index is 14.1. The van der Waals surface area contributed by atoms with Crippen LogP contribution in [0.3, 0.4) is 0 Å². The lowest BCUT2D eigenvalue weighted by atomic mass is 10.0. The number of nitrogens with one attached hydrogen (secondary N) is 1. The van der Waals surface area contributed by atoms with E-state index in [4.69, 9.17) is 9.47 Å². The van der Waals surface area contributed by atoms with Crippen molar-refractivity contribution in [1.82, 2.24) is 19.7 Å². The van der Waals surface area contributed by atoms with E-state index in [0.717, 1.165) is 58.3 Å². The van der Waals surface area contributed by atoms with Crippen molar-refractivity contribution in [2.24, 2.45) is 0 Å². The lowest BCUT2D eigenvalue weighted by Crippen LogP contribution is -2.32. The van der Waals surface area contributed by atoms with Gasteiger partial charge >= 0.3 is 0 Å². The van der Waals surface area contributed by atoms with Crippen LogP contribution in [0.1, 0.15) is 35.2 Å². The first kappa shape index (κ1) is 23.3. The highest BCUT2D eigenvalue weighted by atomic mass is 16.5. The van der Waals surface area contributed by atoms with Crippen molar-refractivity contribution >= 4 is 22.5 Å². The minimum atomic E-state index is 0.00433. The van der Waals surface area contributed by atoms with Crippen LogP contribution in [0, 0.1) is 0 Å². The van der Waals surface area contributed by atoms with Crippen LogP contribution in [0.2, 0.25) is 0 Å². The smallest absolute Gasteiger partial charge is 0.256 e. The van der Waals surface area contributed by atoms with Crippen molar-refractivity contribution in [3.63, 3.8) is 0 Å². The number of benzene rings is 2. The minimum Gasteiger partial charge on any atom is -0.497 e. The van der Waals surface area contributed by atoms with E-state index >= 15 is 0 Å². The fourth-order valence-corrected chi connectivity index (χ4v) is 5.07. The molecule has 0 aliphatic heterocycles. The average molecular weight is 495 g/mol. The number of allylic oxidation sites excluding steroid dienone is 2. The van der Waals surface area contributed by atoms with Gasteiger partial charge in [0.05, 0.1) is 30.5 Å². The van der Waals surface area contributed by atoms with Crippen LogP contribution in [0.25, 0.3) is 27.7 Å². The molecule has 4 aromatic rings. The van der Waals surface area contributed by atoms with E-state index in [2.05, 4.69) is 51.2 Å². The molecule has 2 heterocycles. The summed E-state index contributed by atoms with van der Waals surface area (Å²) in [5.74, 6) is 0.856. The first-order valence-electron chi connectivity index (χ1n) is 12.6. The highest BCUT2D eigenvalue weighted by Crippen LogP contribution is 2.35. The molecule has 1 fully saturated rings. The predicted octanol–water partition coefficient (Wildman–Crippen LogP) is 5.66. The molecule has 7 heteroatoms. The Hall–Kier alpha value is -4.10. The van der Waals surface area contributed by atoms with Gasteiger partial charge in [-0.15, -0.1) is 0 Å². The number of carbonyl (C=O) groups excluding carboxylic acids is 1. The molecule has 1 atom stereocenters. The summed E-state index contributed by atoms with van der Waals surface area (Å²) in [6.45, 7) is 0.553. The van der Waals surface area contributed by atoms with Gasteiger partial charge in [0.15, 0.2) is 0 Å². The SMILES string of the molecule is COc1cccc(CN(C(=O)c2cn(C3=CC=CC(OC)C3)c3cc(-c4cn[nH]c4)ccc23)C2CC2)c1. The monoisotopic (exact) mass is 494 g/mol. The van der Waals surface area contributed by atoms with Crippen molar-refractivity contribution in [2.75, 3.05) is 14.2 Å². The van der Waals surface area contributed by atoms with Crippen LogP contribution < -0.4 is 4.74 Å². The highest BCUT2D eigenvalue weighted by Gasteiger charge is 2.34. The normalized spacial score (nSPS) is 17.1. The number of carbonyl (C=O) groups is 1. The average Bonchev–Trinajstić information content (AvgIpc) is 3.49. The zero-order valence-electron chi connectivity index (χ0n) is 21.1. The summed E-state index contributed by atoms with van der Waals surface area (Å²) in [4.78, 5) is 16.2. The summed E-state index contributed by atoms with van der Waals surface area (Å²) in [6.07, 6.45) is 14.7. The number of ether oxygens (including phenoxy) is 2. The van der Waals surface area contributed by atoms with Crippen molar-refractivity contribution in [3.05, 3.63) is 90.4 Å². The second-order valence-corrected chi connectivity index (χ2v) is 9.67. The minimum absolute atomic E-state index is 0.00433. The molecule has 0 saturated heterocycles. The van der Waals surface area contributed by atoms with E-state index in [1.807, 2.05) is 47.8 Å². The summed E-state index contributed by atoms with van der Waals surface area (Å²) in [6, 6.07) is 14.5. The van der Waals surface area contributed by atoms with Crippen molar-refractivity contribution in [1.29, 1.82) is 0 Å². The Balaban J connectivity index is 1.43. The van der Waals surface area contributed by atoms with Gasteiger partial charge in [0, 0.05) is 55.2 Å². The molecule has 188 valence electrons. The quantitative estimate of drug-likeness (QED) is 0.343. The fourth-order valence-electron chi connectivity index (χ4n) is 5.07. The number of fused-ring (bicyclic) bond motifs is 1. The third kappa shape index (κ3) is 4.58. The van der Waals surface area contributed by atoms with Gasteiger partial charge in [0.1, 0.15) is 5.75 Å². The topological polar surface area (TPSA) is 72.4 Å². The van der Waals surface area contributed by atoms with Crippen LogP contribution >= 0.6 is 0 Å². The van der Waals surface area contributed by atoms with Crippen molar-refractivity contribution in [2.45, 2.75) is 38.0 Å². The summed E-state index contributed by atoms with van der Waals surface area (Å²) < 4.78 is 13.2. The third-order valence-corrected chi connectivity index (χ3v) is 7.24. The van der Waals surface area contributed by atoms with Gasteiger partial charge in [-0.25, -0.2) is 0 Å². The van der Waals surface area contributed by atoms with Crippen LogP contribution in [-0.4, -0.2) is 51.9 Å². The Morgan fingerprint density at radius 2 is 2.05 bits per heavy atom. The molecule has 37 heavy (non-hydrogen) atoms. The molecule has 0 spiro atoms. The number of amides is 1. The van der Waals surface area contributed by atoms with E-state index in [1.54, 1.807) is 14.2 Å². The fraction of sp³-hybridized carbons (Fsp3) is 0.267. The highest BCUT2D eigenvalue weighted by molar-refractivity contribution is 6.08. The Kier molecular flexibility index (Phi) is 6.14. The number of aromatic amines is 1.